The molecule has 2 aliphatic heterocycles. The molecule has 0 spiro atoms. The van der Waals surface area contributed by atoms with Crippen LogP contribution in [0.4, 0.5) is 0 Å². The van der Waals surface area contributed by atoms with Crippen LogP contribution in [-0.2, 0) is 19.8 Å². The number of imide groups is 1. The Labute approximate surface area is 163 Å². The van der Waals surface area contributed by atoms with E-state index in [4.69, 9.17) is 0 Å². The Bertz CT molecular complexity index is 950. The van der Waals surface area contributed by atoms with E-state index in [0.717, 1.165) is 21.2 Å². The highest BCUT2D eigenvalue weighted by Crippen LogP contribution is 2.68. The number of carboxylic acid groups (broad SMARTS) is 1. The summed E-state index contributed by atoms with van der Waals surface area (Å²) in [6.45, 7) is 5.65. The van der Waals surface area contributed by atoms with Crippen molar-refractivity contribution in [2.24, 2.45) is 29.6 Å². The molecular weight excluding hydrogens is 388 g/mol. The van der Waals surface area contributed by atoms with Crippen LogP contribution in [0.5, 0.6) is 0 Å². The molecule has 0 aromatic carbocycles. The normalized spacial score (nSPS) is 39.3. The second-order valence-corrected chi connectivity index (χ2v) is 10.8. The molecule has 5 rings (SSSR count). The van der Waals surface area contributed by atoms with Gasteiger partial charge in [0.1, 0.15) is 6.04 Å². The minimum atomic E-state index is -1.16. The summed E-state index contributed by atoms with van der Waals surface area (Å²) >= 11 is 2.88. The molecule has 2 saturated carbocycles. The first kappa shape index (κ1) is 17.5. The number of aromatic nitrogens is 1. The van der Waals surface area contributed by atoms with E-state index < -0.39 is 23.8 Å². The Hall–Kier alpha value is -1.61. The average Bonchev–Trinajstić information content (AvgIpc) is 3.29. The smallest absolute Gasteiger partial charge is 0.326 e. The maximum absolute atomic E-state index is 13.0. The van der Waals surface area contributed by atoms with Crippen LogP contribution in [0.15, 0.2) is 9.82 Å². The molecule has 7 atom stereocenters. The van der Waals surface area contributed by atoms with Crippen LogP contribution >= 0.6 is 23.1 Å². The van der Waals surface area contributed by atoms with Gasteiger partial charge in [-0.15, -0.1) is 11.8 Å². The van der Waals surface area contributed by atoms with E-state index in [1.807, 2.05) is 0 Å². The van der Waals surface area contributed by atoms with E-state index in [0.29, 0.717) is 0 Å². The molecule has 2 N–H and O–H groups in total. The van der Waals surface area contributed by atoms with Crippen LogP contribution in [0, 0.1) is 29.6 Å². The van der Waals surface area contributed by atoms with Crippen LogP contribution < -0.4 is 4.87 Å². The maximum atomic E-state index is 13.0. The number of rotatable bonds is 2. The van der Waals surface area contributed by atoms with Crippen molar-refractivity contribution < 1.29 is 19.5 Å². The highest BCUT2D eigenvalue weighted by molar-refractivity contribution is 8.00. The second-order valence-electron chi connectivity index (χ2n) is 8.68. The number of nitrogens with zero attached hydrogens (tertiary/aromatic N) is 1. The first-order chi connectivity index (χ1) is 12.6. The van der Waals surface area contributed by atoms with Gasteiger partial charge in [-0.25, -0.2) is 4.79 Å². The molecular formula is C18H20N2O5S2. The van der Waals surface area contributed by atoms with Crippen LogP contribution in [-0.4, -0.2) is 44.1 Å². The number of nitrogens with one attached hydrogen (secondary N) is 1. The number of carboxylic acids is 1. The Morgan fingerprint density at radius 2 is 1.85 bits per heavy atom. The summed E-state index contributed by atoms with van der Waals surface area (Å²) in [5, 5.41) is 10.4. The number of likely N-dealkylation sites (tertiary alicyclic amines) is 1. The van der Waals surface area contributed by atoms with Crippen molar-refractivity contribution in [2.45, 2.75) is 48.9 Å². The number of thioether (sulfide) groups is 1. The predicted molar refractivity (Wildman–Crippen MR) is 98.6 cm³/mol. The number of aromatic amines is 1. The van der Waals surface area contributed by atoms with Crippen molar-refractivity contribution in [3.63, 3.8) is 0 Å². The molecule has 2 bridgehead atoms. The summed E-state index contributed by atoms with van der Waals surface area (Å²) in [7, 11) is 0. The van der Waals surface area contributed by atoms with Gasteiger partial charge in [0.15, 0.2) is 0 Å². The Morgan fingerprint density at radius 3 is 2.48 bits per heavy atom. The lowest BCUT2D eigenvalue weighted by molar-refractivity contribution is -0.154. The molecule has 2 aliphatic carbocycles. The number of hydrogen-bond acceptors (Lipinski definition) is 6. The highest BCUT2D eigenvalue weighted by Gasteiger charge is 2.71. The number of carbonyl (C=O) groups excluding carboxylic acids is 2. The lowest BCUT2D eigenvalue weighted by Crippen LogP contribution is -2.48. The van der Waals surface area contributed by atoms with Crippen LogP contribution in [0.3, 0.4) is 0 Å². The second kappa shape index (κ2) is 5.26. The van der Waals surface area contributed by atoms with E-state index >= 15 is 0 Å². The molecule has 4 aliphatic rings. The third-order valence-corrected chi connectivity index (χ3v) is 9.98. The maximum Gasteiger partial charge on any atom is 0.326 e. The van der Waals surface area contributed by atoms with Gasteiger partial charge in [-0.05, 0) is 31.1 Å². The van der Waals surface area contributed by atoms with Crippen molar-refractivity contribution in [2.75, 3.05) is 0 Å². The van der Waals surface area contributed by atoms with Gasteiger partial charge in [0.25, 0.3) is 0 Å². The number of aliphatic carboxylic acids is 1. The first-order valence-electron chi connectivity index (χ1n) is 9.14. The van der Waals surface area contributed by atoms with Gasteiger partial charge < -0.3 is 10.1 Å². The molecule has 1 aromatic rings. The average molecular weight is 409 g/mol. The molecule has 144 valence electrons. The highest BCUT2D eigenvalue weighted by atomic mass is 32.2. The Balaban J connectivity index is 1.57. The van der Waals surface area contributed by atoms with Crippen LogP contribution in [0.25, 0.3) is 0 Å². The minimum Gasteiger partial charge on any atom is -0.480 e. The monoisotopic (exact) mass is 408 g/mol. The lowest BCUT2D eigenvalue weighted by atomic mass is 9.64. The molecule has 1 aromatic heterocycles. The van der Waals surface area contributed by atoms with Gasteiger partial charge in [0, 0.05) is 15.5 Å². The van der Waals surface area contributed by atoms with Gasteiger partial charge >= 0.3 is 10.8 Å². The summed E-state index contributed by atoms with van der Waals surface area (Å²) in [6, 6.07) is -1.13. The van der Waals surface area contributed by atoms with E-state index in [2.05, 4.69) is 18.8 Å². The van der Waals surface area contributed by atoms with Crippen molar-refractivity contribution >= 4 is 40.9 Å². The van der Waals surface area contributed by atoms with Crippen molar-refractivity contribution in [3.05, 3.63) is 14.5 Å². The molecule has 0 unspecified atom stereocenters. The zero-order valence-electron chi connectivity index (χ0n) is 15.1. The standard InChI is InChI=1S/C18H20N2O5S2/c1-5(16(23)24)20-14(21)8-6-4-7(9(8)15(20)22)11-10(6)18(2,3)12-13(26-11)19-17(25)27-12/h5-11H,4H2,1-3H3,(H,19,25)(H,23,24)/t5-,6-,7-,8-,9-,10-,11-/m1/s1. The Morgan fingerprint density at radius 1 is 1.22 bits per heavy atom. The minimum absolute atomic E-state index is 0.0493. The first-order valence-corrected chi connectivity index (χ1v) is 10.8. The molecule has 27 heavy (non-hydrogen) atoms. The molecule has 1 saturated heterocycles. The third kappa shape index (κ3) is 1.99. The van der Waals surface area contributed by atoms with Gasteiger partial charge in [0.2, 0.25) is 11.8 Å². The summed E-state index contributed by atoms with van der Waals surface area (Å²) in [5.41, 5.74) is -0.255. The largest absolute Gasteiger partial charge is 0.480 e. The van der Waals surface area contributed by atoms with E-state index in [9.17, 15) is 24.3 Å². The fourth-order valence-electron chi connectivity index (χ4n) is 6.17. The lowest BCUT2D eigenvalue weighted by Gasteiger charge is -2.47. The fraction of sp³-hybridized carbons (Fsp3) is 0.667. The fourth-order valence-corrected chi connectivity index (χ4v) is 9.32. The molecule has 3 fully saturated rings. The number of hydrogen-bond donors (Lipinski definition) is 2. The SMILES string of the molecule is C[C@H](C(=O)O)N1C(=O)[C@@H]2[C@H]3C[C@@H]([C@H]4Sc5[nH]c(=O)sc5C(C)(C)[C@H]34)[C@H]2C1=O. The number of fused-ring (bicyclic) bond motifs is 9. The molecule has 7 nitrogen and oxygen atoms in total. The summed E-state index contributed by atoms with van der Waals surface area (Å²) in [4.78, 5) is 54.2. The van der Waals surface area contributed by atoms with E-state index in [1.165, 1.54) is 18.3 Å². The van der Waals surface area contributed by atoms with Crippen LogP contribution in [0.1, 0.15) is 32.1 Å². The zero-order valence-corrected chi connectivity index (χ0v) is 16.7. The zero-order chi connectivity index (χ0) is 19.4. The summed E-state index contributed by atoms with van der Waals surface area (Å²) in [5.74, 6) is -2.33. The quantitative estimate of drug-likeness (QED) is 0.719. The van der Waals surface area contributed by atoms with E-state index in [1.54, 1.807) is 11.8 Å². The molecule has 2 amide bonds. The summed E-state index contributed by atoms with van der Waals surface area (Å²) in [6.07, 6.45) is 0.826. The van der Waals surface area contributed by atoms with Gasteiger partial charge in [-0.1, -0.05) is 25.2 Å². The van der Waals surface area contributed by atoms with Crippen molar-refractivity contribution in [1.82, 2.24) is 9.88 Å². The topological polar surface area (TPSA) is 108 Å². The van der Waals surface area contributed by atoms with E-state index in [-0.39, 0.29) is 45.1 Å². The number of amides is 2. The van der Waals surface area contributed by atoms with Crippen molar-refractivity contribution in [3.8, 4) is 0 Å². The number of thiazole rings is 1. The molecule has 0 radical (unpaired) electrons. The van der Waals surface area contributed by atoms with Crippen LogP contribution in [0.2, 0.25) is 0 Å². The third-order valence-electron chi connectivity index (χ3n) is 7.17. The number of carbonyl (C=O) groups is 3. The number of H-pyrrole nitrogens is 1. The van der Waals surface area contributed by atoms with Crippen molar-refractivity contribution in [1.29, 1.82) is 0 Å². The van der Waals surface area contributed by atoms with Gasteiger partial charge in [-0.3, -0.25) is 19.3 Å². The predicted octanol–water partition coefficient (Wildman–Crippen LogP) is 1.53. The summed E-state index contributed by atoms with van der Waals surface area (Å²) < 4.78 is 0. The van der Waals surface area contributed by atoms with Gasteiger partial charge in [0.05, 0.1) is 16.9 Å². The molecule has 3 heterocycles. The Kier molecular flexibility index (Phi) is 3.40. The van der Waals surface area contributed by atoms with Gasteiger partial charge in [-0.2, -0.15) is 0 Å². The molecule has 9 heteroatoms.